The Morgan fingerprint density at radius 1 is 0.333 bits per heavy atom. The van der Waals surface area contributed by atoms with Gasteiger partial charge in [-0.3, -0.25) is 0 Å². The van der Waals surface area contributed by atoms with Crippen molar-refractivity contribution in [1.29, 1.82) is 0 Å². The highest BCUT2D eigenvalue weighted by atomic mass is 14.2. The molecule has 0 spiro atoms. The SMILES string of the molecule is [B]1c2ccc3c4c2c2c1ccc1c2c2c(ccc(c42)[B]3)[B]1. The van der Waals surface area contributed by atoms with Gasteiger partial charge >= 0.3 is 0 Å². The lowest BCUT2D eigenvalue weighted by Crippen LogP contribution is -2.25. The second kappa shape index (κ2) is 2.76. The minimum absolute atomic E-state index is 1.39. The van der Waals surface area contributed by atoms with Crippen LogP contribution >= 0.6 is 0 Å². The molecule has 0 atom stereocenters. The highest BCUT2D eigenvalue weighted by Crippen LogP contribution is 2.35. The molecule has 0 aliphatic carbocycles. The van der Waals surface area contributed by atoms with Gasteiger partial charge in [0, 0.05) is 0 Å². The maximum Gasteiger partial charge on any atom is 0.193 e. The van der Waals surface area contributed by atoms with Gasteiger partial charge in [0.25, 0.3) is 0 Å². The summed E-state index contributed by atoms with van der Waals surface area (Å²) in [4.78, 5) is 0. The first-order valence-corrected chi connectivity index (χ1v) is 7.46. The molecule has 87 valence electrons. The molecule has 0 unspecified atom stereocenters. The van der Waals surface area contributed by atoms with Crippen molar-refractivity contribution >= 4 is 86.9 Å². The molecule has 3 aliphatic heterocycles. The van der Waals surface area contributed by atoms with Crippen LogP contribution in [0.15, 0.2) is 36.4 Å². The van der Waals surface area contributed by atoms with Crippen LogP contribution in [-0.4, -0.2) is 21.8 Å². The highest BCUT2D eigenvalue weighted by molar-refractivity contribution is 6.87. The molecule has 4 aromatic rings. The summed E-state index contributed by atoms with van der Waals surface area (Å²) in [5.41, 5.74) is 8.34. The second-order valence-electron chi connectivity index (χ2n) is 6.42. The molecule has 0 saturated carbocycles. The minimum Gasteiger partial charge on any atom is -0.0731 e. The summed E-state index contributed by atoms with van der Waals surface area (Å²) < 4.78 is 0. The zero-order valence-corrected chi connectivity index (χ0v) is 11.2. The summed E-state index contributed by atoms with van der Waals surface area (Å²) in [6, 6.07) is 13.7. The summed E-state index contributed by atoms with van der Waals surface area (Å²) in [5, 5.41) is 8.88. The first kappa shape index (κ1) is 9.73. The van der Waals surface area contributed by atoms with Crippen LogP contribution in [0.5, 0.6) is 0 Å². The second-order valence-corrected chi connectivity index (χ2v) is 6.42. The molecule has 0 saturated heterocycles. The fraction of sp³-hybridized carbons (Fsp3) is 0. The molecule has 3 heteroatoms. The van der Waals surface area contributed by atoms with Crippen molar-refractivity contribution in [3.63, 3.8) is 0 Å². The third-order valence-electron chi connectivity index (χ3n) is 5.49. The number of hydrogen-bond acceptors (Lipinski definition) is 0. The fourth-order valence-corrected chi connectivity index (χ4v) is 4.75. The van der Waals surface area contributed by atoms with Crippen LogP contribution < -0.4 is 32.8 Å². The van der Waals surface area contributed by atoms with Gasteiger partial charge in [-0.05, 0) is 32.3 Å². The van der Waals surface area contributed by atoms with E-state index in [-0.39, 0.29) is 0 Å². The van der Waals surface area contributed by atoms with Gasteiger partial charge in [0.1, 0.15) is 0 Å². The lowest BCUT2D eigenvalue weighted by Gasteiger charge is -2.10. The van der Waals surface area contributed by atoms with Gasteiger partial charge < -0.3 is 0 Å². The molecule has 3 radical (unpaired) electrons. The monoisotopic (exact) mass is 255 g/mol. The molecule has 0 bridgehead atoms. The van der Waals surface area contributed by atoms with E-state index in [1.165, 1.54) is 65.1 Å². The van der Waals surface area contributed by atoms with Crippen LogP contribution in [0.2, 0.25) is 0 Å². The molecule has 0 N–H and O–H groups in total. The zero-order valence-electron chi connectivity index (χ0n) is 11.2. The number of rotatable bonds is 0. The van der Waals surface area contributed by atoms with E-state index < -0.39 is 0 Å². The quantitative estimate of drug-likeness (QED) is 0.242. The van der Waals surface area contributed by atoms with E-state index in [1.807, 2.05) is 0 Å². The molecule has 0 fully saturated rings. The van der Waals surface area contributed by atoms with E-state index in [2.05, 4.69) is 58.2 Å². The van der Waals surface area contributed by atoms with Crippen molar-refractivity contribution in [2.45, 2.75) is 0 Å². The predicted octanol–water partition coefficient (Wildman–Crippen LogP) is -0.949. The van der Waals surface area contributed by atoms with Gasteiger partial charge in [0.15, 0.2) is 21.8 Å². The number of hydrogen-bond donors (Lipinski definition) is 0. The predicted molar refractivity (Wildman–Crippen MR) is 94.0 cm³/mol. The largest absolute Gasteiger partial charge is 0.193 e. The van der Waals surface area contributed by atoms with E-state index in [0.717, 1.165) is 0 Å². The molecular weight excluding hydrogens is 249 g/mol. The third kappa shape index (κ3) is 0.846. The van der Waals surface area contributed by atoms with Gasteiger partial charge in [-0.15, -0.1) is 0 Å². The van der Waals surface area contributed by atoms with E-state index in [9.17, 15) is 0 Å². The summed E-state index contributed by atoms with van der Waals surface area (Å²) in [7, 11) is 7.06. The fourth-order valence-electron chi connectivity index (χ4n) is 4.75. The first-order valence-electron chi connectivity index (χ1n) is 7.46. The molecule has 0 nitrogen and oxygen atoms in total. The Morgan fingerprint density at radius 2 is 0.524 bits per heavy atom. The smallest absolute Gasteiger partial charge is 0.0731 e. The average Bonchev–Trinajstić information content (AvgIpc) is 3.14. The molecule has 3 heterocycles. The summed E-state index contributed by atoms with van der Waals surface area (Å²) in [6.07, 6.45) is 0. The topological polar surface area (TPSA) is 0 Å². The molecule has 4 aromatic carbocycles. The van der Waals surface area contributed by atoms with Crippen molar-refractivity contribution in [3.8, 4) is 0 Å². The standard InChI is InChI=1S/C18H6B3/c1-2-8-14-13-7(1)19-9-3-4-11-17(15(9)13)18-12(21-11)6-5-10(20-8)16(14)18/h1-6H. The Kier molecular flexibility index (Phi) is 1.28. The van der Waals surface area contributed by atoms with Crippen LogP contribution in [0, 0.1) is 0 Å². The first-order chi connectivity index (χ1) is 10.4. The van der Waals surface area contributed by atoms with Crippen molar-refractivity contribution in [2.24, 2.45) is 0 Å². The lowest BCUT2D eigenvalue weighted by atomic mass is 9.64. The molecule has 21 heavy (non-hydrogen) atoms. The summed E-state index contributed by atoms with van der Waals surface area (Å²) >= 11 is 0. The van der Waals surface area contributed by atoms with E-state index in [0.29, 0.717) is 0 Å². The molecule has 3 aliphatic rings. The normalized spacial score (nSPS) is 14.9. The van der Waals surface area contributed by atoms with Crippen LogP contribution in [-0.2, 0) is 0 Å². The van der Waals surface area contributed by atoms with Crippen molar-refractivity contribution < 1.29 is 0 Å². The van der Waals surface area contributed by atoms with Crippen LogP contribution in [0.1, 0.15) is 0 Å². The van der Waals surface area contributed by atoms with Gasteiger partial charge in [-0.1, -0.05) is 69.2 Å². The van der Waals surface area contributed by atoms with Crippen molar-refractivity contribution in [1.82, 2.24) is 0 Å². The van der Waals surface area contributed by atoms with Crippen LogP contribution in [0.25, 0.3) is 32.3 Å². The van der Waals surface area contributed by atoms with Gasteiger partial charge in [0.05, 0.1) is 0 Å². The Labute approximate surface area is 123 Å². The van der Waals surface area contributed by atoms with Gasteiger partial charge in [-0.2, -0.15) is 0 Å². The minimum atomic E-state index is 1.39. The molecule has 7 rings (SSSR count). The summed E-state index contributed by atoms with van der Waals surface area (Å²) in [5.74, 6) is 0. The maximum atomic E-state index is 2.35. The Balaban J connectivity index is 2.04. The Bertz CT molecular complexity index is 932. The van der Waals surface area contributed by atoms with E-state index >= 15 is 0 Å². The van der Waals surface area contributed by atoms with E-state index in [4.69, 9.17) is 0 Å². The van der Waals surface area contributed by atoms with Crippen LogP contribution in [0.4, 0.5) is 0 Å². The molecular formula is C18H6B3. The van der Waals surface area contributed by atoms with Crippen molar-refractivity contribution in [3.05, 3.63) is 36.4 Å². The Hall–Kier alpha value is -2.15. The van der Waals surface area contributed by atoms with Crippen molar-refractivity contribution in [2.75, 3.05) is 0 Å². The molecule has 0 aromatic heterocycles. The molecule has 0 amide bonds. The summed E-state index contributed by atoms with van der Waals surface area (Å²) in [6.45, 7) is 0. The highest BCUT2D eigenvalue weighted by Gasteiger charge is 2.31. The van der Waals surface area contributed by atoms with Gasteiger partial charge in [0.2, 0.25) is 0 Å². The third-order valence-corrected chi connectivity index (χ3v) is 5.49. The number of benzene rings is 4. The van der Waals surface area contributed by atoms with Gasteiger partial charge in [-0.25, -0.2) is 0 Å². The maximum absolute atomic E-state index is 2.35. The average molecular weight is 255 g/mol. The van der Waals surface area contributed by atoms with E-state index in [1.54, 1.807) is 0 Å². The van der Waals surface area contributed by atoms with Crippen LogP contribution in [0.3, 0.4) is 0 Å². The lowest BCUT2D eigenvalue weighted by molar-refractivity contribution is 1.97. The Morgan fingerprint density at radius 3 is 0.714 bits per heavy atom. The zero-order chi connectivity index (χ0) is 13.3.